The molecule has 1 aromatic heterocycles. The van der Waals surface area contributed by atoms with E-state index in [0.29, 0.717) is 0 Å². The summed E-state index contributed by atoms with van der Waals surface area (Å²) in [6, 6.07) is 9.01. The second-order valence-corrected chi connectivity index (χ2v) is 6.60. The first-order chi connectivity index (χ1) is 9.01. The highest BCUT2D eigenvalue weighted by Gasteiger charge is 2.14. The van der Waals surface area contributed by atoms with E-state index in [9.17, 15) is 0 Å². The van der Waals surface area contributed by atoms with Gasteiger partial charge in [-0.05, 0) is 56.0 Å². The van der Waals surface area contributed by atoms with Crippen LogP contribution in [0.5, 0.6) is 0 Å². The zero-order chi connectivity index (χ0) is 14.0. The van der Waals surface area contributed by atoms with Crippen LogP contribution in [0.1, 0.15) is 45.0 Å². The SMILES string of the molecule is CCc1ccc(CC(N)c2c(C)cc(C)cc2C)s1. The van der Waals surface area contributed by atoms with Crippen molar-refractivity contribution in [3.05, 3.63) is 56.3 Å². The second-order valence-electron chi connectivity index (χ2n) is 5.34. The molecule has 0 aliphatic carbocycles. The molecule has 0 bridgehead atoms. The van der Waals surface area contributed by atoms with E-state index < -0.39 is 0 Å². The van der Waals surface area contributed by atoms with E-state index in [0.717, 1.165) is 12.8 Å². The first-order valence-corrected chi connectivity index (χ1v) is 7.73. The number of thiophene rings is 1. The summed E-state index contributed by atoms with van der Waals surface area (Å²) in [6.45, 7) is 8.67. The predicted molar refractivity (Wildman–Crippen MR) is 85.0 cm³/mol. The summed E-state index contributed by atoms with van der Waals surface area (Å²) < 4.78 is 0. The Hall–Kier alpha value is -1.12. The molecule has 1 atom stereocenters. The Balaban J connectivity index is 2.22. The highest BCUT2D eigenvalue weighted by molar-refractivity contribution is 7.11. The lowest BCUT2D eigenvalue weighted by atomic mass is 9.92. The molecule has 0 aliphatic heterocycles. The Morgan fingerprint density at radius 3 is 2.16 bits per heavy atom. The van der Waals surface area contributed by atoms with Gasteiger partial charge in [0.1, 0.15) is 0 Å². The third kappa shape index (κ3) is 3.26. The van der Waals surface area contributed by atoms with Gasteiger partial charge in [0.15, 0.2) is 0 Å². The maximum absolute atomic E-state index is 6.44. The van der Waals surface area contributed by atoms with Gasteiger partial charge in [-0.2, -0.15) is 0 Å². The van der Waals surface area contributed by atoms with Gasteiger partial charge < -0.3 is 5.73 Å². The van der Waals surface area contributed by atoms with E-state index in [2.05, 4.69) is 52.0 Å². The minimum Gasteiger partial charge on any atom is -0.324 e. The fraction of sp³-hybridized carbons (Fsp3) is 0.412. The summed E-state index contributed by atoms with van der Waals surface area (Å²) >= 11 is 1.89. The molecule has 2 N–H and O–H groups in total. The van der Waals surface area contributed by atoms with Crippen molar-refractivity contribution in [3.8, 4) is 0 Å². The molecule has 1 nitrogen and oxygen atoms in total. The topological polar surface area (TPSA) is 26.0 Å². The molecule has 0 aliphatic rings. The van der Waals surface area contributed by atoms with Crippen molar-refractivity contribution < 1.29 is 0 Å². The van der Waals surface area contributed by atoms with Gasteiger partial charge in [0.05, 0.1) is 0 Å². The number of nitrogens with two attached hydrogens (primary N) is 1. The van der Waals surface area contributed by atoms with Crippen molar-refractivity contribution in [1.29, 1.82) is 0 Å². The highest BCUT2D eigenvalue weighted by atomic mass is 32.1. The minimum absolute atomic E-state index is 0.101. The second kappa shape index (κ2) is 5.89. The summed E-state index contributed by atoms with van der Waals surface area (Å²) in [5.74, 6) is 0. The average molecular weight is 273 g/mol. The Morgan fingerprint density at radius 2 is 1.63 bits per heavy atom. The number of hydrogen-bond acceptors (Lipinski definition) is 2. The number of hydrogen-bond donors (Lipinski definition) is 1. The van der Waals surface area contributed by atoms with E-state index in [1.165, 1.54) is 32.0 Å². The minimum atomic E-state index is 0.101. The Kier molecular flexibility index (Phi) is 4.43. The van der Waals surface area contributed by atoms with Crippen LogP contribution in [0.4, 0.5) is 0 Å². The average Bonchev–Trinajstić information content (AvgIpc) is 2.75. The van der Waals surface area contributed by atoms with Crippen molar-refractivity contribution in [2.45, 2.75) is 46.6 Å². The maximum atomic E-state index is 6.44. The third-order valence-electron chi connectivity index (χ3n) is 3.60. The molecule has 2 rings (SSSR count). The van der Waals surface area contributed by atoms with Crippen molar-refractivity contribution >= 4 is 11.3 Å². The van der Waals surface area contributed by atoms with Gasteiger partial charge in [-0.25, -0.2) is 0 Å². The van der Waals surface area contributed by atoms with Crippen LogP contribution >= 0.6 is 11.3 Å². The van der Waals surface area contributed by atoms with Crippen molar-refractivity contribution in [3.63, 3.8) is 0 Å². The van der Waals surface area contributed by atoms with Gasteiger partial charge in [-0.15, -0.1) is 11.3 Å². The Bertz CT molecular complexity index is 545. The van der Waals surface area contributed by atoms with Gasteiger partial charge in [0, 0.05) is 22.2 Å². The molecule has 0 saturated heterocycles. The summed E-state index contributed by atoms with van der Waals surface area (Å²) in [7, 11) is 0. The lowest BCUT2D eigenvalue weighted by Gasteiger charge is -2.18. The molecule has 2 aromatic rings. The monoisotopic (exact) mass is 273 g/mol. The van der Waals surface area contributed by atoms with E-state index in [-0.39, 0.29) is 6.04 Å². The van der Waals surface area contributed by atoms with Gasteiger partial charge in [-0.3, -0.25) is 0 Å². The van der Waals surface area contributed by atoms with Crippen molar-refractivity contribution in [2.24, 2.45) is 5.73 Å². The standard InChI is InChI=1S/C17H23NS/c1-5-14-6-7-15(19-14)10-16(18)17-12(3)8-11(2)9-13(17)4/h6-9,16H,5,10,18H2,1-4H3. The molecule has 0 saturated carbocycles. The van der Waals surface area contributed by atoms with Gasteiger partial charge in [0.2, 0.25) is 0 Å². The molecule has 19 heavy (non-hydrogen) atoms. The van der Waals surface area contributed by atoms with Gasteiger partial charge in [-0.1, -0.05) is 24.6 Å². The van der Waals surface area contributed by atoms with Crippen LogP contribution in [-0.4, -0.2) is 0 Å². The van der Waals surface area contributed by atoms with Crippen LogP contribution in [0.25, 0.3) is 0 Å². The molecule has 1 heterocycles. The molecule has 0 radical (unpaired) electrons. The van der Waals surface area contributed by atoms with Crippen LogP contribution < -0.4 is 5.73 Å². The van der Waals surface area contributed by atoms with Crippen LogP contribution in [0.15, 0.2) is 24.3 Å². The predicted octanol–water partition coefficient (Wildman–Crippen LogP) is 4.48. The fourth-order valence-corrected chi connectivity index (χ4v) is 3.83. The normalized spacial score (nSPS) is 12.7. The smallest absolute Gasteiger partial charge is 0.0348 e. The summed E-state index contributed by atoms with van der Waals surface area (Å²) in [6.07, 6.45) is 2.05. The van der Waals surface area contributed by atoms with E-state index in [4.69, 9.17) is 5.73 Å². The first-order valence-electron chi connectivity index (χ1n) is 6.92. The van der Waals surface area contributed by atoms with E-state index in [1.54, 1.807) is 0 Å². The molecule has 1 aromatic carbocycles. The largest absolute Gasteiger partial charge is 0.324 e. The maximum Gasteiger partial charge on any atom is 0.0348 e. The molecule has 1 unspecified atom stereocenters. The first kappa shape index (κ1) is 14.3. The molecular formula is C17H23NS. The Morgan fingerprint density at radius 1 is 1.05 bits per heavy atom. The number of rotatable bonds is 4. The van der Waals surface area contributed by atoms with E-state index >= 15 is 0 Å². The summed E-state index contributed by atoms with van der Waals surface area (Å²) in [5.41, 5.74) is 11.7. The quantitative estimate of drug-likeness (QED) is 0.873. The highest BCUT2D eigenvalue weighted by Crippen LogP contribution is 2.27. The van der Waals surface area contributed by atoms with Crippen LogP contribution in [-0.2, 0) is 12.8 Å². The summed E-state index contributed by atoms with van der Waals surface area (Å²) in [5, 5.41) is 0. The van der Waals surface area contributed by atoms with Crippen molar-refractivity contribution in [1.82, 2.24) is 0 Å². The lowest BCUT2D eigenvalue weighted by molar-refractivity contribution is 0.718. The van der Waals surface area contributed by atoms with Crippen molar-refractivity contribution in [2.75, 3.05) is 0 Å². The van der Waals surface area contributed by atoms with Gasteiger partial charge in [0.25, 0.3) is 0 Å². The molecule has 0 fully saturated rings. The molecular weight excluding hydrogens is 250 g/mol. The zero-order valence-corrected chi connectivity index (χ0v) is 13.1. The van der Waals surface area contributed by atoms with Crippen LogP contribution in [0.3, 0.4) is 0 Å². The zero-order valence-electron chi connectivity index (χ0n) is 12.3. The third-order valence-corrected chi connectivity index (χ3v) is 4.85. The fourth-order valence-electron chi connectivity index (χ4n) is 2.82. The molecule has 2 heteroatoms. The van der Waals surface area contributed by atoms with E-state index in [1.807, 2.05) is 11.3 Å². The molecule has 0 spiro atoms. The molecule has 0 amide bonds. The number of aryl methyl sites for hydroxylation is 4. The van der Waals surface area contributed by atoms with Crippen LogP contribution in [0, 0.1) is 20.8 Å². The van der Waals surface area contributed by atoms with Crippen LogP contribution in [0.2, 0.25) is 0 Å². The number of benzene rings is 1. The molecule has 102 valence electrons. The Labute approximate surface area is 120 Å². The lowest BCUT2D eigenvalue weighted by Crippen LogP contribution is -2.15. The summed E-state index contributed by atoms with van der Waals surface area (Å²) in [4.78, 5) is 2.84. The van der Waals surface area contributed by atoms with Gasteiger partial charge >= 0.3 is 0 Å².